The van der Waals surface area contributed by atoms with Crippen molar-refractivity contribution in [2.45, 2.75) is 31.1 Å². The molecule has 10 nitrogen and oxygen atoms in total. The first-order chi connectivity index (χ1) is 17.4. The van der Waals surface area contributed by atoms with Gasteiger partial charge in [0.05, 0.1) is 34.3 Å². The zero-order valence-corrected chi connectivity index (χ0v) is 20.0. The molecule has 4 aromatic rings. The van der Waals surface area contributed by atoms with Crippen molar-refractivity contribution in [2.75, 3.05) is 17.2 Å². The van der Waals surface area contributed by atoms with Crippen molar-refractivity contribution in [2.24, 2.45) is 11.7 Å². The summed E-state index contributed by atoms with van der Waals surface area (Å²) in [5, 5.41) is 37.5. The summed E-state index contributed by atoms with van der Waals surface area (Å²) in [5.41, 5.74) is 8.26. The van der Waals surface area contributed by atoms with Gasteiger partial charge in [0.1, 0.15) is 16.9 Å². The van der Waals surface area contributed by atoms with Crippen molar-refractivity contribution < 1.29 is 20.1 Å². The van der Waals surface area contributed by atoms with Gasteiger partial charge in [0, 0.05) is 24.4 Å². The van der Waals surface area contributed by atoms with E-state index in [0.29, 0.717) is 34.4 Å². The maximum Gasteiger partial charge on any atom is 0.229 e. The van der Waals surface area contributed by atoms with Crippen LogP contribution in [0.25, 0.3) is 20.8 Å². The molecule has 0 aliphatic heterocycles. The number of anilines is 3. The van der Waals surface area contributed by atoms with Gasteiger partial charge in [0.2, 0.25) is 11.9 Å². The minimum atomic E-state index is -1.07. The van der Waals surface area contributed by atoms with Crippen LogP contribution in [0.3, 0.4) is 0 Å². The van der Waals surface area contributed by atoms with Crippen molar-refractivity contribution in [1.82, 2.24) is 15.0 Å². The van der Waals surface area contributed by atoms with E-state index in [4.69, 9.17) is 10.7 Å². The molecule has 4 atom stereocenters. The molecule has 5 rings (SSSR count). The number of para-hydroxylation sites is 1. The summed E-state index contributed by atoms with van der Waals surface area (Å²) in [6, 6.07) is 14.5. The minimum absolute atomic E-state index is 0.119. The molecule has 1 saturated carbocycles. The molecule has 186 valence electrons. The molecular formula is C25H26N6O4S. The maximum atomic E-state index is 11.3. The third kappa shape index (κ3) is 5.00. The van der Waals surface area contributed by atoms with E-state index in [1.54, 1.807) is 18.3 Å². The summed E-state index contributed by atoms with van der Waals surface area (Å²) in [6.07, 6.45) is 0.0468. The van der Waals surface area contributed by atoms with E-state index in [9.17, 15) is 20.1 Å². The number of nitrogens with one attached hydrogen (secondary N) is 2. The molecule has 1 unspecified atom stereocenters. The molecular weight excluding hydrogens is 480 g/mol. The molecule has 1 fully saturated rings. The number of amides is 1. The minimum Gasteiger partial charge on any atom is -0.396 e. The number of aliphatic hydroxyl groups excluding tert-OH is 3. The van der Waals surface area contributed by atoms with E-state index in [1.165, 1.54) is 11.3 Å². The maximum absolute atomic E-state index is 11.3. The van der Waals surface area contributed by atoms with Crippen molar-refractivity contribution >= 4 is 44.9 Å². The van der Waals surface area contributed by atoms with Gasteiger partial charge in [-0.05, 0) is 36.2 Å². The fourth-order valence-corrected chi connectivity index (χ4v) is 5.39. The van der Waals surface area contributed by atoms with E-state index in [1.807, 2.05) is 36.4 Å². The van der Waals surface area contributed by atoms with Crippen molar-refractivity contribution in [3.63, 3.8) is 0 Å². The summed E-state index contributed by atoms with van der Waals surface area (Å²) in [6.45, 7) is -0.223. The first kappa shape index (κ1) is 24.1. The zero-order valence-electron chi connectivity index (χ0n) is 19.2. The number of benzene rings is 2. The van der Waals surface area contributed by atoms with Crippen LogP contribution in [0, 0.1) is 5.92 Å². The topological polar surface area (TPSA) is 167 Å². The van der Waals surface area contributed by atoms with E-state index in [-0.39, 0.29) is 13.0 Å². The fraction of sp³-hybridized carbons (Fsp3) is 0.280. The Morgan fingerprint density at radius 3 is 2.69 bits per heavy atom. The number of aromatic nitrogens is 3. The van der Waals surface area contributed by atoms with Crippen molar-refractivity contribution in [3.8, 4) is 10.6 Å². The Labute approximate surface area is 210 Å². The SMILES string of the molecule is NC(=O)Cc1cccc(Nc2ncc(-c3nc4ccccc4s3)c(N[C@@H]3CC(CO)[C@@H](O)[C@H]3O)n2)c1. The molecule has 2 heterocycles. The average Bonchev–Trinajstić information content (AvgIpc) is 3.40. The van der Waals surface area contributed by atoms with Gasteiger partial charge >= 0.3 is 0 Å². The van der Waals surface area contributed by atoms with Crippen LogP contribution in [0.1, 0.15) is 12.0 Å². The second-order valence-corrected chi connectivity index (χ2v) is 9.85. The third-order valence-electron chi connectivity index (χ3n) is 6.23. The first-order valence-electron chi connectivity index (χ1n) is 11.5. The van der Waals surface area contributed by atoms with Crippen molar-refractivity contribution in [3.05, 3.63) is 60.3 Å². The van der Waals surface area contributed by atoms with Crippen LogP contribution >= 0.6 is 11.3 Å². The van der Waals surface area contributed by atoms with Gasteiger partial charge < -0.3 is 31.7 Å². The van der Waals surface area contributed by atoms with E-state index < -0.39 is 30.1 Å². The number of carbonyl (C=O) groups is 1. The van der Waals surface area contributed by atoms with Gasteiger partial charge in [0.25, 0.3) is 0 Å². The summed E-state index contributed by atoms with van der Waals surface area (Å²) in [4.78, 5) is 25.1. The van der Waals surface area contributed by atoms with E-state index in [2.05, 4.69) is 20.6 Å². The Kier molecular flexibility index (Phi) is 6.79. The Morgan fingerprint density at radius 1 is 1.11 bits per heavy atom. The lowest BCUT2D eigenvalue weighted by atomic mass is 10.1. The number of thiazole rings is 1. The van der Waals surface area contributed by atoms with Gasteiger partial charge in [-0.2, -0.15) is 4.98 Å². The highest BCUT2D eigenvalue weighted by atomic mass is 32.1. The molecule has 2 aromatic carbocycles. The number of fused-ring (bicyclic) bond motifs is 1. The normalized spacial score (nSPS) is 21.5. The predicted octanol–water partition coefficient (Wildman–Crippen LogP) is 2.04. The molecule has 36 heavy (non-hydrogen) atoms. The molecule has 0 bridgehead atoms. The zero-order chi connectivity index (χ0) is 25.2. The quantitative estimate of drug-likeness (QED) is 0.210. The smallest absolute Gasteiger partial charge is 0.229 e. The van der Waals surface area contributed by atoms with Crippen LogP contribution in [0.2, 0.25) is 0 Å². The number of hydrogen-bond acceptors (Lipinski definition) is 10. The highest BCUT2D eigenvalue weighted by Crippen LogP contribution is 2.36. The van der Waals surface area contributed by atoms with E-state index in [0.717, 1.165) is 15.8 Å². The second kappa shape index (κ2) is 10.2. The summed E-state index contributed by atoms with van der Waals surface area (Å²) < 4.78 is 1.02. The molecule has 11 heteroatoms. The molecule has 1 amide bonds. The molecule has 0 spiro atoms. The molecule has 2 aromatic heterocycles. The summed E-state index contributed by atoms with van der Waals surface area (Å²) >= 11 is 1.50. The number of hydrogen-bond donors (Lipinski definition) is 6. The lowest BCUT2D eigenvalue weighted by molar-refractivity contribution is -0.117. The van der Waals surface area contributed by atoms with Gasteiger partial charge in [-0.25, -0.2) is 9.97 Å². The highest BCUT2D eigenvalue weighted by molar-refractivity contribution is 7.21. The van der Waals surface area contributed by atoms with Gasteiger partial charge in [0.15, 0.2) is 0 Å². The Balaban J connectivity index is 1.49. The Morgan fingerprint density at radius 2 is 1.94 bits per heavy atom. The number of aliphatic hydroxyl groups is 3. The average molecular weight is 507 g/mol. The van der Waals surface area contributed by atoms with Crippen LogP contribution in [-0.4, -0.2) is 61.0 Å². The predicted molar refractivity (Wildman–Crippen MR) is 138 cm³/mol. The molecule has 1 aliphatic rings. The lowest BCUT2D eigenvalue weighted by Crippen LogP contribution is -2.35. The third-order valence-corrected chi connectivity index (χ3v) is 7.30. The summed E-state index contributed by atoms with van der Waals surface area (Å²) in [7, 11) is 0. The molecule has 0 saturated heterocycles. The largest absolute Gasteiger partial charge is 0.396 e. The van der Waals surface area contributed by atoms with Crippen LogP contribution in [0.15, 0.2) is 54.7 Å². The number of primary amides is 1. The van der Waals surface area contributed by atoms with Gasteiger partial charge in [-0.15, -0.1) is 11.3 Å². The van der Waals surface area contributed by atoms with E-state index >= 15 is 0 Å². The summed E-state index contributed by atoms with van der Waals surface area (Å²) in [5.74, 6) is -0.121. The molecule has 7 N–H and O–H groups in total. The van der Waals surface area contributed by atoms with Crippen LogP contribution in [-0.2, 0) is 11.2 Å². The first-order valence-corrected chi connectivity index (χ1v) is 12.3. The van der Waals surface area contributed by atoms with Crippen LogP contribution < -0.4 is 16.4 Å². The van der Waals surface area contributed by atoms with Gasteiger partial charge in [-0.3, -0.25) is 4.79 Å². The lowest BCUT2D eigenvalue weighted by Gasteiger charge is -2.20. The van der Waals surface area contributed by atoms with Crippen LogP contribution in [0.4, 0.5) is 17.5 Å². The van der Waals surface area contributed by atoms with Crippen molar-refractivity contribution in [1.29, 1.82) is 0 Å². The van der Waals surface area contributed by atoms with Gasteiger partial charge in [-0.1, -0.05) is 24.3 Å². The van der Waals surface area contributed by atoms with Crippen LogP contribution in [0.5, 0.6) is 0 Å². The molecule has 0 radical (unpaired) electrons. The standard InChI is InChI=1S/C25H26N6O4S/c26-20(33)9-13-4-3-5-15(8-13)28-25-27-11-16(24-30-17-6-1-2-7-19(17)36-24)23(31-25)29-18-10-14(12-32)21(34)22(18)35/h1-8,11,14,18,21-22,32,34-35H,9-10,12H2,(H2,26,33)(H2,27,28,29,31)/t14?,18-,21-,22+/m1/s1. The Hall–Kier alpha value is -3.64. The fourth-order valence-electron chi connectivity index (χ4n) is 4.41. The number of carbonyl (C=O) groups excluding carboxylic acids is 1. The number of nitrogens with zero attached hydrogens (tertiary/aromatic N) is 3. The highest BCUT2D eigenvalue weighted by Gasteiger charge is 2.41. The monoisotopic (exact) mass is 506 g/mol. The number of rotatable bonds is 8. The second-order valence-electron chi connectivity index (χ2n) is 8.82. The Bertz CT molecular complexity index is 1360. The molecule has 1 aliphatic carbocycles. The number of nitrogens with two attached hydrogens (primary N) is 1.